The van der Waals surface area contributed by atoms with Crippen molar-refractivity contribution in [2.75, 3.05) is 0 Å². The maximum absolute atomic E-state index is 2.41. The van der Waals surface area contributed by atoms with E-state index in [1.165, 1.54) is 93.1 Å². The lowest BCUT2D eigenvalue weighted by Gasteiger charge is -2.22. The molecule has 0 amide bonds. The Kier molecular flexibility index (Phi) is 3.78. The van der Waals surface area contributed by atoms with E-state index in [4.69, 9.17) is 0 Å². The van der Waals surface area contributed by atoms with Crippen LogP contribution in [0.4, 0.5) is 0 Å². The maximum atomic E-state index is 2.41. The molecule has 0 spiro atoms. The van der Waals surface area contributed by atoms with Crippen LogP contribution in [0.2, 0.25) is 0 Å². The highest BCUT2D eigenvalue weighted by Gasteiger charge is 2.39. The summed E-state index contributed by atoms with van der Waals surface area (Å²) in [6, 6.07) is 33.4. The van der Waals surface area contributed by atoms with Crippen LogP contribution in [0.5, 0.6) is 0 Å². The molecule has 6 aromatic rings. The summed E-state index contributed by atoms with van der Waals surface area (Å²) >= 11 is 0. The molecular weight excluding hydrogens is 456 g/mol. The van der Waals surface area contributed by atoms with Gasteiger partial charge in [-0.05, 0) is 139 Å². The first kappa shape index (κ1) is 20.3. The number of fused-ring (bicyclic) bond motifs is 10. The largest absolute Gasteiger partial charge is 0.0613 e. The molecular formula is C38H30. The molecule has 4 atom stereocenters. The molecule has 0 radical (unpaired) electrons. The first-order valence-electron chi connectivity index (χ1n) is 14.8. The first-order valence-corrected chi connectivity index (χ1v) is 14.8. The summed E-state index contributed by atoms with van der Waals surface area (Å²) in [5.74, 6) is 3.10. The molecule has 0 N–H and O–H groups in total. The second-order valence-corrected chi connectivity index (χ2v) is 12.7. The number of benzene rings is 6. The van der Waals surface area contributed by atoms with Crippen molar-refractivity contribution >= 4 is 32.3 Å². The van der Waals surface area contributed by atoms with Crippen molar-refractivity contribution in [1.82, 2.24) is 0 Å². The van der Waals surface area contributed by atoms with Crippen molar-refractivity contribution in [3.8, 4) is 22.3 Å². The molecule has 4 bridgehead atoms. The van der Waals surface area contributed by atoms with E-state index in [0.29, 0.717) is 0 Å². The van der Waals surface area contributed by atoms with Crippen LogP contribution in [0.25, 0.3) is 54.6 Å². The van der Waals surface area contributed by atoms with Gasteiger partial charge in [-0.15, -0.1) is 0 Å². The average molecular weight is 487 g/mol. The van der Waals surface area contributed by atoms with Gasteiger partial charge in [-0.2, -0.15) is 0 Å². The van der Waals surface area contributed by atoms with Gasteiger partial charge in [-0.1, -0.05) is 84.9 Å². The molecule has 0 aliphatic heterocycles. The Hall–Kier alpha value is -3.64. The topological polar surface area (TPSA) is 0 Å². The highest BCUT2D eigenvalue weighted by molar-refractivity contribution is 6.27. The van der Waals surface area contributed by atoms with E-state index in [1.54, 1.807) is 22.3 Å². The molecule has 10 rings (SSSR count). The van der Waals surface area contributed by atoms with Crippen LogP contribution >= 0.6 is 0 Å². The standard InChI is InChI=1S/C38H30/c1-3-27-23-7-9-25(19-23)35(27)31(5-1)29-15-11-21-14-18-34-30(16-12-22-13-17-33(29)37(21)38(22)34)32-6-2-4-28-24-8-10-26(20-24)36(28)32/h1-6,11-18,23-26H,7-10,19-20H2. The van der Waals surface area contributed by atoms with Gasteiger partial charge < -0.3 is 0 Å². The number of hydrogen-bond acceptors (Lipinski definition) is 0. The van der Waals surface area contributed by atoms with Gasteiger partial charge >= 0.3 is 0 Å². The van der Waals surface area contributed by atoms with E-state index in [0.717, 1.165) is 23.7 Å². The zero-order chi connectivity index (χ0) is 24.5. The van der Waals surface area contributed by atoms with Gasteiger partial charge in [0, 0.05) is 0 Å². The van der Waals surface area contributed by atoms with Gasteiger partial charge in [0.05, 0.1) is 0 Å². The quantitative estimate of drug-likeness (QED) is 0.214. The summed E-state index contributed by atoms with van der Waals surface area (Å²) in [6.45, 7) is 0. The summed E-state index contributed by atoms with van der Waals surface area (Å²) in [6.07, 6.45) is 8.23. The van der Waals surface area contributed by atoms with Crippen LogP contribution in [-0.2, 0) is 0 Å². The van der Waals surface area contributed by atoms with Crippen molar-refractivity contribution < 1.29 is 0 Å². The Balaban J connectivity index is 1.26. The van der Waals surface area contributed by atoms with E-state index in [2.05, 4.69) is 84.9 Å². The van der Waals surface area contributed by atoms with Crippen molar-refractivity contribution in [2.24, 2.45) is 0 Å². The Labute approximate surface area is 223 Å². The van der Waals surface area contributed by atoms with Gasteiger partial charge in [0.1, 0.15) is 0 Å². The molecule has 4 aliphatic rings. The predicted octanol–water partition coefficient (Wildman–Crippen LogP) is 10.6. The molecule has 0 aromatic heterocycles. The van der Waals surface area contributed by atoms with Gasteiger partial charge in [0.25, 0.3) is 0 Å². The summed E-state index contributed by atoms with van der Waals surface area (Å²) in [7, 11) is 0. The summed E-state index contributed by atoms with van der Waals surface area (Å²) in [5.41, 5.74) is 12.4. The minimum atomic E-state index is 0.756. The van der Waals surface area contributed by atoms with E-state index in [9.17, 15) is 0 Å². The minimum Gasteiger partial charge on any atom is -0.0613 e. The molecule has 4 aliphatic carbocycles. The second-order valence-electron chi connectivity index (χ2n) is 12.7. The summed E-state index contributed by atoms with van der Waals surface area (Å²) < 4.78 is 0. The summed E-state index contributed by atoms with van der Waals surface area (Å²) in [4.78, 5) is 0. The summed E-state index contributed by atoms with van der Waals surface area (Å²) in [5, 5.41) is 8.48. The highest BCUT2D eigenvalue weighted by atomic mass is 14.4. The van der Waals surface area contributed by atoms with Crippen LogP contribution in [0.1, 0.15) is 84.5 Å². The van der Waals surface area contributed by atoms with Gasteiger partial charge in [0.2, 0.25) is 0 Å². The van der Waals surface area contributed by atoms with Gasteiger partial charge in [0.15, 0.2) is 0 Å². The maximum Gasteiger partial charge on any atom is -0.00203 e. The Morgan fingerprint density at radius 1 is 0.395 bits per heavy atom. The monoisotopic (exact) mass is 486 g/mol. The third-order valence-corrected chi connectivity index (χ3v) is 11.1. The average Bonchev–Trinajstić information content (AvgIpc) is 3.78. The van der Waals surface area contributed by atoms with Gasteiger partial charge in [-0.3, -0.25) is 0 Å². The van der Waals surface area contributed by atoms with Gasteiger partial charge in [-0.25, -0.2) is 0 Å². The van der Waals surface area contributed by atoms with E-state index < -0.39 is 0 Å². The van der Waals surface area contributed by atoms with Crippen molar-refractivity contribution in [1.29, 1.82) is 0 Å². The first-order chi connectivity index (χ1) is 18.8. The van der Waals surface area contributed by atoms with Crippen LogP contribution in [0, 0.1) is 0 Å². The molecule has 4 unspecified atom stereocenters. The second kappa shape index (κ2) is 7.06. The van der Waals surface area contributed by atoms with Crippen molar-refractivity contribution in [3.05, 3.63) is 107 Å². The fourth-order valence-electron chi connectivity index (χ4n) is 9.58. The zero-order valence-corrected chi connectivity index (χ0v) is 21.6. The molecule has 2 fully saturated rings. The molecule has 182 valence electrons. The van der Waals surface area contributed by atoms with Crippen molar-refractivity contribution in [2.45, 2.75) is 62.2 Å². The van der Waals surface area contributed by atoms with Crippen LogP contribution in [0.15, 0.2) is 84.9 Å². The third-order valence-electron chi connectivity index (χ3n) is 11.1. The molecule has 2 saturated carbocycles. The molecule has 0 saturated heterocycles. The normalized spacial score (nSPS) is 24.7. The fourth-order valence-corrected chi connectivity index (χ4v) is 9.58. The van der Waals surface area contributed by atoms with Crippen LogP contribution < -0.4 is 0 Å². The Morgan fingerprint density at radius 2 is 0.842 bits per heavy atom. The van der Waals surface area contributed by atoms with E-state index in [-0.39, 0.29) is 0 Å². The third kappa shape index (κ3) is 2.43. The fraction of sp³-hybridized carbons (Fsp3) is 0.263. The molecule has 0 heteroatoms. The van der Waals surface area contributed by atoms with Crippen molar-refractivity contribution in [3.63, 3.8) is 0 Å². The smallest absolute Gasteiger partial charge is 0.00203 e. The van der Waals surface area contributed by atoms with E-state index >= 15 is 0 Å². The highest BCUT2D eigenvalue weighted by Crippen LogP contribution is 2.58. The number of hydrogen-bond donors (Lipinski definition) is 0. The molecule has 38 heavy (non-hydrogen) atoms. The predicted molar refractivity (Wildman–Crippen MR) is 160 cm³/mol. The zero-order valence-electron chi connectivity index (χ0n) is 21.6. The molecule has 0 heterocycles. The lowest BCUT2D eigenvalue weighted by molar-refractivity contribution is 0.719. The van der Waals surface area contributed by atoms with Crippen LogP contribution in [-0.4, -0.2) is 0 Å². The Morgan fingerprint density at radius 3 is 1.34 bits per heavy atom. The number of rotatable bonds is 2. The molecule has 6 aromatic carbocycles. The van der Waals surface area contributed by atoms with E-state index in [1.807, 2.05) is 0 Å². The van der Waals surface area contributed by atoms with Crippen LogP contribution in [0.3, 0.4) is 0 Å². The lowest BCUT2D eigenvalue weighted by Crippen LogP contribution is -2.01. The lowest BCUT2D eigenvalue weighted by atomic mass is 9.81. The minimum absolute atomic E-state index is 0.756. The molecule has 0 nitrogen and oxygen atoms in total. The SMILES string of the molecule is c1cc(-c2ccc3ccc4c(-c5cccc6c5C5CCC6C5)ccc5ccc2c3c54)c2c(c1)C1CCC2C1. The Bertz CT molecular complexity index is 1810.